The molecule has 114 valence electrons. The minimum absolute atomic E-state index is 0.105. The zero-order valence-corrected chi connectivity index (χ0v) is 13.2. The van der Waals surface area contributed by atoms with Crippen molar-refractivity contribution in [2.75, 3.05) is 6.61 Å². The molecule has 2 aromatic carbocycles. The molecular formula is C17H17ClN2O2. The number of halogens is 1. The fourth-order valence-corrected chi connectivity index (χ4v) is 2.02. The Kier molecular flexibility index (Phi) is 5.55. The standard InChI is InChI=1S/C17H17ClN2O2/c1-12-5-3-4-6-16(12)13(2)19-20-17(21)11-22-15-9-7-14(18)8-10-15/h3-10H,11H2,1-2H3,(H,20,21)/b19-13-. The second kappa shape index (κ2) is 7.61. The summed E-state index contributed by atoms with van der Waals surface area (Å²) >= 11 is 5.78. The fourth-order valence-electron chi connectivity index (χ4n) is 1.90. The number of hydrogen-bond donors (Lipinski definition) is 1. The molecule has 0 fully saturated rings. The molecule has 0 saturated heterocycles. The normalized spacial score (nSPS) is 11.1. The van der Waals surface area contributed by atoms with Crippen LogP contribution in [-0.4, -0.2) is 18.2 Å². The van der Waals surface area contributed by atoms with Crippen molar-refractivity contribution in [1.82, 2.24) is 5.43 Å². The minimum Gasteiger partial charge on any atom is -0.484 e. The maximum Gasteiger partial charge on any atom is 0.277 e. The van der Waals surface area contributed by atoms with E-state index in [0.29, 0.717) is 10.8 Å². The van der Waals surface area contributed by atoms with Gasteiger partial charge in [0.1, 0.15) is 5.75 Å². The van der Waals surface area contributed by atoms with Crippen molar-refractivity contribution in [1.29, 1.82) is 0 Å². The molecule has 4 nitrogen and oxygen atoms in total. The van der Waals surface area contributed by atoms with E-state index < -0.39 is 0 Å². The van der Waals surface area contributed by atoms with Crippen molar-refractivity contribution in [3.8, 4) is 5.75 Å². The third-order valence-corrected chi connectivity index (χ3v) is 3.32. The number of nitrogens with zero attached hydrogens (tertiary/aromatic N) is 1. The number of carbonyl (C=O) groups is 1. The van der Waals surface area contributed by atoms with Gasteiger partial charge in [-0.05, 0) is 43.7 Å². The Morgan fingerprint density at radius 2 is 1.86 bits per heavy atom. The van der Waals surface area contributed by atoms with Gasteiger partial charge in [0, 0.05) is 10.6 Å². The van der Waals surface area contributed by atoms with E-state index in [2.05, 4.69) is 10.5 Å². The van der Waals surface area contributed by atoms with Crippen LogP contribution in [0.5, 0.6) is 5.75 Å². The average Bonchev–Trinajstić information content (AvgIpc) is 2.52. The number of aryl methyl sites for hydroxylation is 1. The van der Waals surface area contributed by atoms with E-state index in [9.17, 15) is 4.79 Å². The number of rotatable bonds is 5. The lowest BCUT2D eigenvalue weighted by molar-refractivity contribution is -0.123. The van der Waals surface area contributed by atoms with Gasteiger partial charge in [-0.3, -0.25) is 4.79 Å². The summed E-state index contributed by atoms with van der Waals surface area (Å²) in [6.45, 7) is 3.74. The van der Waals surface area contributed by atoms with Crippen molar-refractivity contribution in [3.05, 3.63) is 64.7 Å². The third-order valence-electron chi connectivity index (χ3n) is 3.07. The second-order valence-corrected chi connectivity index (χ2v) is 5.23. The van der Waals surface area contributed by atoms with Crippen LogP contribution in [-0.2, 0) is 4.79 Å². The predicted octanol–water partition coefficient (Wildman–Crippen LogP) is 3.57. The van der Waals surface area contributed by atoms with Crippen LogP contribution in [0, 0.1) is 6.92 Å². The minimum atomic E-state index is -0.317. The Morgan fingerprint density at radius 3 is 2.55 bits per heavy atom. The van der Waals surface area contributed by atoms with E-state index in [1.165, 1.54) is 0 Å². The zero-order valence-electron chi connectivity index (χ0n) is 12.5. The summed E-state index contributed by atoms with van der Waals surface area (Å²) in [6.07, 6.45) is 0. The molecule has 0 radical (unpaired) electrons. The maximum absolute atomic E-state index is 11.7. The van der Waals surface area contributed by atoms with Gasteiger partial charge in [0.05, 0.1) is 5.71 Å². The summed E-state index contributed by atoms with van der Waals surface area (Å²) < 4.78 is 5.34. The van der Waals surface area contributed by atoms with Crippen LogP contribution in [0.15, 0.2) is 53.6 Å². The van der Waals surface area contributed by atoms with Gasteiger partial charge < -0.3 is 4.74 Å². The Hall–Kier alpha value is -2.33. The van der Waals surface area contributed by atoms with Crippen LogP contribution in [0.1, 0.15) is 18.1 Å². The van der Waals surface area contributed by atoms with Gasteiger partial charge in [-0.2, -0.15) is 5.10 Å². The summed E-state index contributed by atoms with van der Waals surface area (Å²) in [5.74, 6) is 0.266. The highest BCUT2D eigenvalue weighted by Gasteiger charge is 2.04. The lowest BCUT2D eigenvalue weighted by Gasteiger charge is -2.07. The molecule has 0 spiro atoms. The second-order valence-electron chi connectivity index (χ2n) is 4.79. The largest absolute Gasteiger partial charge is 0.484 e. The quantitative estimate of drug-likeness (QED) is 0.677. The molecule has 0 aliphatic heterocycles. The first-order chi connectivity index (χ1) is 10.6. The van der Waals surface area contributed by atoms with Gasteiger partial charge in [-0.25, -0.2) is 5.43 Å². The van der Waals surface area contributed by atoms with Crippen LogP contribution in [0.2, 0.25) is 5.02 Å². The van der Waals surface area contributed by atoms with E-state index >= 15 is 0 Å². The average molecular weight is 317 g/mol. The molecule has 0 saturated carbocycles. The molecule has 5 heteroatoms. The molecule has 0 unspecified atom stereocenters. The van der Waals surface area contributed by atoms with Crippen LogP contribution in [0.3, 0.4) is 0 Å². The summed E-state index contributed by atoms with van der Waals surface area (Å²) in [4.78, 5) is 11.7. The zero-order chi connectivity index (χ0) is 15.9. The Balaban J connectivity index is 1.88. The van der Waals surface area contributed by atoms with Gasteiger partial charge in [0.2, 0.25) is 0 Å². The number of carbonyl (C=O) groups excluding carboxylic acids is 1. The predicted molar refractivity (Wildman–Crippen MR) is 88.5 cm³/mol. The molecule has 0 atom stereocenters. The molecule has 0 aliphatic carbocycles. The van der Waals surface area contributed by atoms with E-state index in [0.717, 1.165) is 16.8 Å². The van der Waals surface area contributed by atoms with Gasteiger partial charge >= 0.3 is 0 Å². The van der Waals surface area contributed by atoms with E-state index in [4.69, 9.17) is 16.3 Å². The van der Waals surface area contributed by atoms with Gasteiger partial charge in [-0.15, -0.1) is 0 Å². The van der Waals surface area contributed by atoms with Crippen LogP contribution in [0.4, 0.5) is 0 Å². The first-order valence-corrected chi connectivity index (χ1v) is 7.21. The first-order valence-electron chi connectivity index (χ1n) is 6.84. The maximum atomic E-state index is 11.7. The van der Waals surface area contributed by atoms with Crippen molar-refractivity contribution in [2.24, 2.45) is 5.10 Å². The molecule has 2 aromatic rings. The molecule has 1 amide bonds. The monoisotopic (exact) mass is 316 g/mol. The van der Waals surface area contributed by atoms with E-state index in [-0.39, 0.29) is 12.5 Å². The fraction of sp³-hybridized carbons (Fsp3) is 0.176. The molecular weight excluding hydrogens is 300 g/mol. The third kappa shape index (κ3) is 4.60. The lowest BCUT2D eigenvalue weighted by Crippen LogP contribution is -2.25. The molecule has 2 rings (SSSR count). The van der Waals surface area contributed by atoms with Crippen molar-refractivity contribution < 1.29 is 9.53 Å². The number of benzene rings is 2. The number of nitrogens with one attached hydrogen (secondary N) is 1. The molecule has 1 N–H and O–H groups in total. The summed E-state index contributed by atoms with van der Waals surface area (Å²) in [6, 6.07) is 14.7. The Labute approximate surface area is 134 Å². The number of hydrogen-bond acceptors (Lipinski definition) is 3. The lowest BCUT2D eigenvalue weighted by atomic mass is 10.1. The van der Waals surface area contributed by atoms with Gasteiger partial charge in [0.15, 0.2) is 6.61 Å². The molecule has 0 aliphatic rings. The SMILES string of the molecule is C/C(=N/NC(=O)COc1ccc(Cl)cc1)c1ccccc1C. The molecule has 22 heavy (non-hydrogen) atoms. The molecule has 0 aromatic heterocycles. The number of ether oxygens (including phenoxy) is 1. The van der Waals surface area contributed by atoms with Crippen molar-refractivity contribution >= 4 is 23.2 Å². The summed E-state index contributed by atoms with van der Waals surface area (Å²) in [5, 5.41) is 4.72. The Morgan fingerprint density at radius 1 is 1.18 bits per heavy atom. The van der Waals surface area contributed by atoms with Crippen molar-refractivity contribution in [2.45, 2.75) is 13.8 Å². The number of hydrazone groups is 1. The topological polar surface area (TPSA) is 50.7 Å². The highest BCUT2D eigenvalue weighted by atomic mass is 35.5. The summed E-state index contributed by atoms with van der Waals surface area (Å²) in [5.41, 5.74) is 5.34. The molecule has 0 bridgehead atoms. The highest BCUT2D eigenvalue weighted by molar-refractivity contribution is 6.30. The van der Waals surface area contributed by atoms with Gasteiger partial charge in [-0.1, -0.05) is 35.9 Å². The van der Waals surface area contributed by atoms with Crippen molar-refractivity contribution in [3.63, 3.8) is 0 Å². The smallest absolute Gasteiger partial charge is 0.277 e. The molecule has 0 heterocycles. The van der Waals surface area contributed by atoms with E-state index in [1.54, 1.807) is 24.3 Å². The van der Waals surface area contributed by atoms with E-state index in [1.807, 2.05) is 38.1 Å². The van der Waals surface area contributed by atoms with Crippen LogP contribution < -0.4 is 10.2 Å². The van der Waals surface area contributed by atoms with Crippen LogP contribution >= 0.6 is 11.6 Å². The first kappa shape index (κ1) is 16.0. The Bertz CT molecular complexity index is 681. The van der Waals surface area contributed by atoms with Crippen LogP contribution in [0.25, 0.3) is 0 Å². The number of amides is 1. The van der Waals surface area contributed by atoms with Gasteiger partial charge in [0.25, 0.3) is 5.91 Å². The summed E-state index contributed by atoms with van der Waals surface area (Å²) in [7, 11) is 0. The highest BCUT2D eigenvalue weighted by Crippen LogP contribution is 2.15.